The molecule has 3 heterocycles. The lowest BCUT2D eigenvalue weighted by Crippen LogP contribution is -2.66. The van der Waals surface area contributed by atoms with Gasteiger partial charge in [-0.3, -0.25) is 4.79 Å². The lowest BCUT2D eigenvalue weighted by Gasteiger charge is -2.48. The third kappa shape index (κ3) is 40.2. The van der Waals surface area contributed by atoms with Gasteiger partial charge in [-0.05, 0) is 103 Å². The lowest BCUT2D eigenvalue weighted by atomic mass is 9.96. The Balaban J connectivity index is 1.38. The van der Waals surface area contributed by atoms with Crippen LogP contribution in [0.4, 0.5) is 0 Å². The van der Waals surface area contributed by atoms with Gasteiger partial charge in [0.15, 0.2) is 18.9 Å². The summed E-state index contributed by atoms with van der Waals surface area (Å²) in [7, 11) is 0. The molecule has 0 aromatic carbocycles. The Hall–Kier alpha value is -3.81. The summed E-state index contributed by atoms with van der Waals surface area (Å²) < 4.78 is 34.4. The zero-order valence-electron chi connectivity index (χ0n) is 60.4. The van der Waals surface area contributed by atoms with Crippen molar-refractivity contribution in [3.8, 4) is 0 Å². The Morgan fingerprint density at radius 1 is 0.374 bits per heavy atom. The fourth-order valence-electron chi connectivity index (χ4n) is 12.1. The summed E-state index contributed by atoms with van der Waals surface area (Å²) >= 11 is 0. The molecule has 0 aromatic heterocycles. The van der Waals surface area contributed by atoms with Gasteiger partial charge in [-0.15, -0.1) is 0 Å². The number of nitrogens with one attached hydrogen (secondary N) is 1. The summed E-state index contributed by atoms with van der Waals surface area (Å²) in [5, 5.41) is 121. The Morgan fingerprint density at radius 2 is 0.707 bits per heavy atom. The fourth-order valence-corrected chi connectivity index (χ4v) is 12.1. The van der Waals surface area contributed by atoms with Gasteiger partial charge in [0, 0.05) is 6.42 Å². The minimum absolute atomic E-state index is 0.223. The van der Waals surface area contributed by atoms with E-state index in [1.54, 1.807) is 6.08 Å². The van der Waals surface area contributed by atoms with E-state index in [0.717, 1.165) is 103 Å². The molecule has 3 rings (SSSR count). The summed E-state index contributed by atoms with van der Waals surface area (Å²) in [5.41, 5.74) is 0. The van der Waals surface area contributed by atoms with Crippen LogP contribution in [0.15, 0.2) is 122 Å². The molecule has 3 aliphatic heterocycles. The maximum absolute atomic E-state index is 13.4. The second kappa shape index (κ2) is 59.6. The minimum atomic E-state index is -1.99. The van der Waals surface area contributed by atoms with Crippen molar-refractivity contribution >= 4 is 5.91 Å². The van der Waals surface area contributed by atoms with Gasteiger partial charge in [0.25, 0.3) is 0 Å². The van der Waals surface area contributed by atoms with Gasteiger partial charge in [0.05, 0.1) is 38.6 Å². The number of carbonyl (C=O) groups is 1. The third-order valence-electron chi connectivity index (χ3n) is 18.2. The van der Waals surface area contributed by atoms with Crippen LogP contribution in [-0.4, -0.2) is 193 Å². The number of allylic oxidation sites excluding steroid dienone is 19. The van der Waals surface area contributed by atoms with Crippen molar-refractivity contribution in [3.05, 3.63) is 122 Å². The normalized spacial score (nSPS) is 27.3. The van der Waals surface area contributed by atoms with E-state index in [0.29, 0.717) is 12.8 Å². The number of hydrogen-bond acceptors (Lipinski definition) is 18. The summed E-state index contributed by atoms with van der Waals surface area (Å²) in [6.45, 7) is 1.59. The predicted octanol–water partition coefficient (Wildman–Crippen LogP) is 11.9. The first-order valence-electron chi connectivity index (χ1n) is 38.3. The van der Waals surface area contributed by atoms with Crippen LogP contribution < -0.4 is 5.32 Å². The fraction of sp³-hybridized carbons (Fsp3) is 0.738. The van der Waals surface area contributed by atoms with Crippen LogP contribution in [0.5, 0.6) is 0 Å². The average molecular weight is 1400 g/mol. The molecule has 0 radical (unpaired) electrons. The number of aliphatic hydroxyl groups is 11. The van der Waals surface area contributed by atoms with E-state index < -0.39 is 124 Å². The van der Waals surface area contributed by atoms with Crippen molar-refractivity contribution in [3.63, 3.8) is 0 Å². The molecule has 1 amide bonds. The van der Waals surface area contributed by atoms with Gasteiger partial charge in [-0.25, -0.2) is 0 Å². The zero-order valence-corrected chi connectivity index (χ0v) is 60.4. The number of rotatable bonds is 58. The van der Waals surface area contributed by atoms with E-state index in [1.807, 2.05) is 6.08 Å². The van der Waals surface area contributed by atoms with Crippen molar-refractivity contribution in [2.45, 2.75) is 349 Å². The molecule has 19 nitrogen and oxygen atoms in total. The minimum Gasteiger partial charge on any atom is -0.394 e. The topological polar surface area (TPSA) is 307 Å². The Morgan fingerprint density at radius 3 is 1.13 bits per heavy atom. The maximum atomic E-state index is 13.4. The van der Waals surface area contributed by atoms with Crippen LogP contribution in [0, 0.1) is 0 Å². The molecular formula is C80H135NO18. The molecule has 3 aliphatic rings. The lowest BCUT2D eigenvalue weighted by molar-refractivity contribution is -0.379. The first-order chi connectivity index (χ1) is 48.3. The van der Waals surface area contributed by atoms with Crippen LogP contribution in [0.25, 0.3) is 0 Å². The molecule has 99 heavy (non-hydrogen) atoms. The molecule has 0 aromatic rings. The molecule has 17 unspecified atom stereocenters. The zero-order chi connectivity index (χ0) is 71.8. The second-order valence-corrected chi connectivity index (χ2v) is 26.7. The summed E-state index contributed by atoms with van der Waals surface area (Å²) in [5.74, 6) is -0.295. The number of aliphatic hydroxyl groups excluding tert-OH is 11. The Labute approximate surface area is 595 Å². The van der Waals surface area contributed by atoms with E-state index in [1.165, 1.54) is 109 Å². The van der Waals surface area contributed by atoms with Crippen LogP contribution >= 0.6 is 0 Å². The van der Waals surface area contributed by atoms with E-state index in [9.17, 15) is 61.0 Å². The summed E-state index contributed by atoms with van der Waals surface area (Å²) in [4.78, 5) is 13.4. The molecule has 3 saturated heterocycles. The smallest absolute Gasteiger partial charge is 0.220 e. The second-order valence-electron chi connectivity index (χ2n) is 26.7. The maximum Gasteiger partial charge on any atom is 0.220 e. The highest BCUT2D eigenvalue weighted by atomic mass is 16.8. The largest absolute Gasteiger partial charge is 0.394 e. The quantitative estimate of drug-likeness (QED) is 0.0199. The standard InChI is InChI=1S/C80H135NO18/c1-3-5-7-9-11-13-15-17-19-21-23-24-25-26-27-28-29-30-31-32-33-34-35-36-37-38-40-42-44-46-48-50-52-54-56-58-68(86)81-63(64(85)57-55-53-51-49-47-45-43-41-39-22-20-18-16-14-12-10-8-6-4-2)62-94-78-74(92)71(89)76(66(60-83)96-78)99-80-75(93)72(90)77(67(61-84)97-80)98-79-73(91)70(88)69(87)65(59-82)95-79/h5,7,11,13,17,19,23-24,26-27,29-30,32-33,39,41,47,49,55,57,63-67,69-80,82-85,87-93H,3-4,6,8-10,12,14-16,18,20-22,25,28,31,34-38,40,42-46,48,50-54,56,58-62H2,1-2H3,(H,81,86)/b7-5-,13-11-,19-17-,24-23-,27-26-,30-29-,33-32-,41-39+,49-47+,57-55+. The van der Waals surface area contributed by atoms with Crippen molar-refractivity contribution in [1.82, 2.24) is 5.32 Å². The Bertz CT molecular complexity index is 2260. The molecule has 0 bridgehead atoms. The SMILES string of the molecule is CC/C=C\C/C=C\C/C=C\C/C=C\C/C=C\C/C=C\C/C=C\CCCCCCCCCCCCCCCC(=O)NC(COC1OC(CO)C(OC2OC(CO)C(OC3OC(CO)C(O)C(O)C3O)C(O)C2O)C(O)C1O)C(O)/C=C/CC/C=C/CC/C=C/CCCCCCCCCCC. The highest BCUT2D eigenvalue weighted by Gasteiger charge is 2.53. The third-order valence-corrected chi connectivity index (χ3v) is 18.2. The highest BCUT2D eigenvalue weighted by molar-refractivity contribution is 5.76. The van der Waals surface area contributed by atoms with Crippen LogP contribution in [0.2, 0.25) is 0 Å². The first kappa shape index (κ1) is 89.4. The van der Waals surface area contributed by atoms with Gasteiger partial charge in [-0.1, -0.05) is 257 Å². The molecule has 17 atom stereocenters. The first-order valence-corrected chi connectivity index (χ1v) is 38.3. The average Bonchev–Trinajstić information content (AvgIpc) is 0.784. The monoisotopic (exact) mass is 1400 g/mol. The summed E-state index contributed by atoms with van der Waals surface area (Å²) in [6.07, 6.45) is 56.0. The molecule has 0 saturated carbocycles. The number of unbranched alkanes of at least 4 members (excludes halogenated alkanes) is 24. The number of carbonyl (C=O) groups excluding carboxylic acids is 1. The van der Waals surface area contributed by atoms with Gasteiger partial charge < -0.3 is 89.9 Å². The van der Waals surface area contributed by atoms with E-state index in [4.69, 9.17) is 28.4 Å². The molecule has 3 fully saturated rings. The number of ether oxygens (including phenoxy) is 6. The summed E-state index contributed by atoms with van der Waals surface area (Å²) in [6, 6.07) is -1.01. The van der Waals surface area contributed by atoms with Crippen molar-refractivity contribution in [1.29, 1.82) is 0 Å². The van der Waals surface area contributed by atoms with Crippen LogP contribution in [0.1, 0.15) is 245 Å². The van der Waals surface area contributed by atoms with Gasteiger partial charge in [0.1, 0.15) is 73.2 Å². The van der Waals surface area contributed by atoms with E-state index in [2.05, 4.69) is 129 Å². The van der Waals surface area contributed by atoms with Crippen molar-refractivity contribution < 1.29 is 89.4 Å². The van der Waals surface area contributed by atoms with E-state index >= 15 is 0 Å². The Kier molecular flexibility index (Phi) is 53.8. The van der Waals surface area contributed by atoms with Crippen LogP contribution in [-0.2, 0) is 33.2 Å². The molecule has 568 valence electrons. The number of hydrogen-bond donors (Lipinski definition) is 12. The molecule has 12 N–H and O–H groups in total. The predicted molar refractivity (Wildman–Crippen MR) is 392 cm³/mol. The van der Waals surface area contributed by atoms with Crippen molar-refractivity contribution in [2.24, 2.45) is 0 Å². The molecule has 19 heteroatoms. The molecular weight excluding hydrogens is 1260 g/mol. The molecule has 0 spiro atoms. The van der Waals surface area contributed by atoms with Gasteiger partial charge in [0.2, 0.25) is 5.91 Å². The van der Waals surface area contributed by atoms with Crippen molar-refractivity contribution in [2.75, 3.05) is 26.4 Å². The number of amides is 1. The van der Waals surface area contributed by atoms with Crippen LogP contribution in [0.3, 0.4) is 0 Å². The van der Waals surface area contributed by atoms with Gasteiger partial charge >= 0.3 is 0 Å². The van der Waals surface area contributed by atoms with E-state index in [-0.39, 0.29) is 18.9 Å². The van der Waals surface area contributed by atoms with Gasteiger partial charge in [-0.2, -0.15) is 0 Å². The highest BCUT2D eigenvalue weighted by Crippen LogP contribution is 2.33. The molecule has 0 aliphatic carbocycles.